The Hall–Kier alpha value is -4.00. The molecule has 48 heavy (non-hydrogen) atoms. The molecule has 1 unspecified atom stereocenters. The molecule has 6 aliphatic rings. The van der Waals surface area contributed by atoms with Gasteiger partial charge in [-0.25, -0.2) is 24.6 Å². The van der Waals surface area contributed by atoms with Crippen molar-refractivity contribution in [2.24, 2.45) is 20.9 Å². The number of carboxylic acid groups (broad SMARTS) is 1. The number of hydrogen-bond donors (Lipinski definition) is 2. The number of aliphatic imine (C=N–C) groups is 3. The quantitative estimate of drug-likeness (QED) is 0.311. The standard InChI is InChI=1S/C16H19N3O.C11H11NO2.C9H7NO2.Na.H2O/c20-16(14-9-12-3-1-2-4-13(12)17-14)18-15-10-19-7-5-11(15)6-8-19;1-2-14-11(13)10-7-8-5-3-4-6-9(8)12-10;11-9(12)8-5-6-3-1-2-4-7(6)10-8;;/h1-4,11,15H,5-10H2,(H,18,20);3-6H,2,7H2,1H3;1-4H,5H2,(H,11,12);;1H2/q;;;+1;/p-1. The van der Waals surface area contributed by atoms with Crippen LogP contribution in [0.15, 0.2) is 87.8 Å². The van der Waals surface area contributed by atoms with Crippen LogP contribution in [0.3, 0.4) is 0 Å². The first-order valence-electron chi connectivity index (χ1n) is 15.8. The number of amides is 1. The van der Waals surface area contributed by atoms with Crippen LogP contribution in [0.2, 0.25) is 0 Å². The van der Waals surface area contributed by atoms with Crippen LogP contribution in [0.25, 0.3) is 0 Å². The van der Waals surface area contributed by atoms with Crippen molar-refractivity contribution in [1.29, 1.82) is 0 Å². The molecule has 3 N–H and O–H groups in total. The van der Waals surface area contributed by atoms with Crippen molar-refractivity contribution >= 4 is 52.0 Å². The average molecular weight is 660 g/mol. The number of carbonyl (C=O) groups is 3. The van der Waals surface area contributed by atoms with E-state index in [1.807, 2.05) is 72.8 Å². The number of nitrogens with one attached hydrogen (secondary N) is 1. The van der Waals surface area contributed by atoms with E-state index in [1.54, 1.807) is 6.92 Å². The average Bonchev–Trinajstić information content (AvgIpc) is 3.83. The number of carboxylic acids is 1. The van der Waals surface area contributed by atoms with Crippen molar-refractivity contribution < 1.29 is 59.3 Å². The number of aliphatic carboxylic acids is 1. The molecule has 11 nitrogen and oxygen atoms in total. The smallest absolute Gasteiger partial charge is 0.870 e. The zero-order chi connectivity index (χ0) is 32.0. The second-order valence-corrected chi connectivity index (χ2v) is 11.8. The molecular formula is C36H38N5NaO6. The van der Waals surface area contributed by atoms with Crippen LogP contribution in [0.1, 0.15) is 36.5 Å². The number of fused-ring (bicyclic) bond motifs is 6. The monoisotopic (exact) mass is 659 g/mol. The zero-order valence-corrected chi connectivity index (χ0v) is 29.3. The number of esters is 1. The Morgan fingerprint density at radius 2 is 1.23 bits per heavy atom. The largest absolute Gasteiger partial charge is 1.00 e. The third kappa shape index (κ3) is 8.72. The molecule has 6 heterocycles. The van der Waals surface area contributed by atoms with E-state index in [2.05, 4.69) is 25.2 Å². The number of nitrogens with zero attached hydrogens (tertiary/aromatic N) is 4. The van der Waals surface area contributed by atoms with Crippen LogP contribution in [0.4, 0.5) is 17.1 Å². The maximum Gasteiger partial charge on any atom is 1.00 e. The molecule has 1 amide bonds. The van der Waals surface area contributed by atoms with Gasteiger partial charge in [-0.3, -0.25) is 4.79 Å². The van der Waals surface area contributed by atoms with Crippen LogP contribution < -0.4 is 34.9 Å². The van der Waals surface area contributed by atoms with E-state index < -0.39 is 5.97 Å². The van der Waals surface area contributed by atoms with Gasteiger partial charge < -0.3 is 25.5 Å². The van der Waals surface area contributed by atoms with E-state index in [4.69, 9.17) is 9.84 Å². The van der Waals surface area contributed by atoms with Gasteiger partial charge in [0.1, 0.15) is 17.1 Å². The SMILES string of the molecule is CCOC(=O)C1=Nc2ccccc2C1.O=C(NC1CN2CCC1CC2)C1=Nc2ccccc2C1.O=C(O)C1=Nc2ccccc2C1.[Na+].[OH-]. The maximum atomic E-state index is 12.4. The molecule has 1 atom stereocenters. The van der Waals surface area contributed by atoms with E-state index in [-0.39, 0.29) is 52.6 Å². The van der Waals surface area contributed by atoms with E-state index >= 15 is 0 Å². The fourth-order valence-corrected chi connectivity index (χ4v) is 6.37. The minimum atomic E-state index is -0.925. The first kappa shape index (κ1) is 36.8. The maximum absolute atomic E-state index is 12.4. The molecule has 3 aromatic carbocycles. The van der Waals surface area contributed by atoms with Crippen molar-refractivity contribution in [3.05, 3.63) is 89.5 Å². The van der Waals surface area contributed by atoms with Gasteiger partial charge in [0.05, 0.1) is 23.7 Å². The molecule has 0 saturated carbocycles. The third-order valence-corrected chi connectivity index (χ3v) is 8.81. The van der Waals surface area contributed by atoms with Crippen LogP contribution in [0, 0.1) is 5.92 Å². The number of ether oxygens (including phenoxy) is 1. The van der Waals surface area contributed by atoms with Gasteiger partial charge in [-0.1, -0.05) is 54.6 Å². The molecule has 12 heteroatoms. The Morgan fingerprint density at radius 3 is 1.69 bits per heavy atom. The molecular weight excluding hydrogens is 621 g/mol. The number of rotatable bonds is 5. The summed E-state index contributed by atoms with van der Waals surface area (Å²) in [5.74, 6) is -0.539. The number of para-hydroxylation sites is 3. The minimum absolute atomic E-state index is 0. The van der Waals surface area contributed by atoms with E-state index in [0.29, 0.717) is 49.3 Å². The fourth-order valence-electron chi connectivity index (χ4n) is 6.37. The van der Waals surface area contributed by atoms with Gasteiger partial charge in [0.15, 0.2) is 0 Å². The van der Waals surface area contributed by atoms with Crippen LogP contribution in [-0.2, 0) is 38.4 Å². The molecule has 0 aliphatic carbocycles. The molecule has 3 fully saturated rings. The predicted octanol–water partition coefficient (Wildman–Crippen LogP) is 1.63. The molecule has 0 spiro atoms. The van der Waals surface area contributed by atoms with Gasteiger partial charge in [0, 0.05) is 31.8 Å². The molecule has 0 radical (unpaired) electrons. The Labute approximate surface area is 301 Å². The molecule has 2 bridgehead atoms. The van der Waals surface area contributed by atoms with Crippen molar-refractivity contribution in [1.82, 2.24) is 10.2 Å². The van der Waals surface area contributed by atoms with Crippen molar-refractivity contribution in [3.63, 3.8) is 0 Å². The Balaban J connectivity index is 0.000000166. The number of carbonyl (C=O) groups excluding carboxylic acids is 2. The number of piperidine rings is 3. The Morgan fingerprint density at radius 1 is 0.771 bits per heavy atom. The summed E-state index contributed by atoms with van der Waals surface area (Å²) in [4.78, 5) is 49.4. The second kappa shape index (κ2) is 16.9. The zero-order valence-electron chi connectivity index (χ0n) is 27.3. The third-order valence-electron chi connectivity index (χ3n) is 8.81. The molecule has 6 aliphatic heterocycles. The molecule has 3 saturated heterocycles. The van der Waals surface area contributed by atoms with Gasteiger partial charge in [-0.2, -0.15) is 0 Å². The van der Waals surface area contributed by atoms with E-state index in [1.165, 1.54) is 25.9 Å². The first-order chi connectivity index (χ1) is 22.4. The van der Waals surface area contributed by atoms with Gasteiger partial charge in [-0.05, 0) is 73.7 Å². The molecule has 9 rings (SSSR count). The summed E-state index contributed by atoms with van der Waals surface area (Å²) in [6.45, 7) is 5.60. The van der Waals surface area contributed by atoms with Gasteiger partial charge >= 0.3 is 41.5 Å². The number of benzene rings is 3. The number of hydrogen-bond acceptors (Lipinski definition) is 9. The topological polar surface area (TPSA) is 163 Å². The summed E-state index contributed by atoms with van der Waals surface area (Å²) in [5, 5.41) is 11.9. The van der Waals surface area contributed by atoms with Crippen molar-refractivity contribution in [2.45, 2.75) is 45.1 Å². The van der Waals surface area contributed by atoms with Crippen molar-refractivity contribution in [3.8, 4) is 0 Å². The van der Waals surface area contributed by atoms with E-state index in [0.717, 1.165) is 40.3 Å². The van der Waals surface area contributed by atoms with Gasteiger partial charge in [0.25, 0.3) is 5.91 Å². The van der Waals surface area contributed by atoms with Gasteiger partial charge in [0.2, 0.25) is 0 Å². The summed E-state index contributed by atoms with van der Waals surface area (Å²) < 4.78 is 4.89. The van der Waals surface area contributed by atoms with Crippen molar-refractivity contribution in [2.75, 3.05) is 26.2 Å². The van der Waals surface area contributed by atoms with E-state index in [9.17, 15) is 14.4 Å². The molecule has 3 aromatic rings. The fraction of sp³-hybridized carbons (Fsp3) is 0.333. The minimum Gasteiger partial charge on any atom is -0.870 e. The first-order valence-corrected chi connectivity index (χ1v) is 15.8. The summed E-state index contributed by atoms with van der Waals surface area (Å²) in [7, 11) is 0. The van der Waals surface area contributed by atoms with Crippen LogP contribution in [0.5, 0.6) is 0 Å². The normalized spacial score (nSPS) is 20.2. The summed E-state index contributed by atoms with van der Waals surface area (Å²) >= 11 is 0. The summed E-state index contributed by atoms with van der Waals surface area (Å²) in [6, 6.07) is 23.5. The Bertz CT molecular complexity index is 1750. The molecule has 0 aromatic heterocycles. The summed E-state index contributed by atoms with van der Waals surface area (Å²) in [6.07, 6.45) is 4.15. The summed E-state index contributed by atoms with van der Waals surface area (Å²) in [5.41, 5.74) is 7.28. The molecule has 244 valence electrons. The second-order valence-electron chi connectivity index (χ2n) is 11.8. The Kier molecular flexibility index (Phi) is 13.0. The van der Waals surface area contributed by atoms with Crippen LogP contribution in [-0.4, -0.2) is 82.7 Å². The van der Waals surface area contributed by atoms with Gasteiger partial charge in [-0.15, -0.1) is 0 Å². The predicted molar refractivity (Wildman–Crippen MR) is 179 cm³/mol. The van der Waals surface area contributed by atoms with Crippen LogP contribution >= 0.6 is 0 Å².